The monoisotopic (exact) mass is 253 g/mol. The molecule has 0 bridgehead atoms. The highest BCUT2D eigenvalue weighted by Gasteiger charge is 2.45. The molecule has 1 saturated carbocycles. The Balaban J connectivity index is 2.78. The lowest BCUT2D eigenvalue weighted by Gasteiger charge is -2.21. The van der Waals surface area contributed by atoms with Crippen LogP contribution in [0.4, 0.5) is 0 Å². The first-order valence-electron chi connectivity index (χ1n) is 6.23. The van der Waals surface area contributed by atoms with E-state index in [1.54, 1.807) is 0 Å². The number of hydrogen-bond acceptors (Lipinski definition) is 5. The zero-order valence-electron chi connectivity index (χ0n) is 11.0. The SMILES string of the molecule is CCC1CCC(C(=O)OC(C)C#N)C1C(=O)OC. The van der Waals surface area contributed by atoms with E-state index in [1.807, 2.05) is 13.0 Å². The maximum Gasteiger partial charge on any atom is 0.311 e. The predicted octanol–water partition coefficient (Wildman–Crippen LogP) is 1.67. The highest BCUT2D eigenvalue weighted by atomic mass is 16.5. The molecule has 0 aromatic heterocycles. The molecule has 1 aliphatic rings. The highest BCUT2D eigenvalue weighted by molar-refractivity contribution is 5.83. The summed E-state index contributed by atoms with van der Waals surface area (Å²) in [4.78, 5) is 23.7. The number of nitriles is 1. The van der Waals surface area contributed by atoms with E-state index in [4.69, 9.17) is 14.7 Å². The van der Waals surface area contributed by atoms with E-state index in [0.717, 1.165) is 12.8 Å². The smallest absolute Gasteiger partial charge is 0.311 e. The van der Waals surface area contributed by atoms with Crippen molar-refractivity contribution in [3.05, 3.63) is 0 Å². The summed E-state index contributed by atoms with van der Waals surface area (Å²) in [5.41, 5.74) is 0. The van der Waals surface area contributed by atoms with Gasteiger partial charge in [-0.2, -0.15) is 5.26 Å². The summed E-state index contributed by atoms with van der Waals surface area (Å²) in [5.74, 6) is -1.56. The van der Waals surface area contributed by atoms with Crippen LogP contribution in [0.5, 0.6) is 0 Å². The molecule has 0 heterocycles. The summed E-state index contributed by atoms with van der Waals surface area (Å²) in [5, 5.41) is 8.63. The van der Waals surface area contributed by atoms with E-state index in [1.165, 1.54) is 14.0 Å². The summed E-state index contributed by atoms with van der Waals surface area (Å²) in [6.07, 6.45) is 1.49. The molecule has 4 unspecified atom stereocenters. The molecule has 1 fully saturated rings. The van der Waals surface area contributed by atoms with E-state index < -0.39 is 23.9 Å². The molecule has 0 amide bonds. The summed E-state index contributed by atoms with van der Waals surface area (Å²) in [6, 6.07) is 1.84. The standard InChI is InChI=1S/C13H19NO4/c1-4-9-5-6-10(11(9)13(16)17-3)12(15)18-8(2)7-14/h8-11H,4-6H2,1-3H3. The third-order valence-corrected chi connectivity index (χ3v) is 3.57. The molecule has 5 heteroatoms. The lowest BCUT2D eigenvalue weighted by molar-refractivity contribution is -0.160. The second-order valence-electron chi connectivity index (χ2n) is 4.61. The Morgan fingerprint density at radius 2 is 2.06 bits per heavy atom. The topological polar surface area (TPSA) is 76.4 Å². The van der Waals surface area contributed by atoms with Crippen LogP contribution in [0.25, 0.3) is 0 Å². The van der Waals surface area contributed by atoms with Crippen molar-refractivity contribution in [3.63, 3.8) is 0 Å². The van der Waals surface area contributed by atoms with Gasteiger partial charge in [0.25, 0.3) is 0 Å². The van der Waals surface area contributed by atoms with Crippen LogP contribution in [0, 0.1) is 29.1 Å². The van der Waals surface area contributed by atoms with Crippen molar-refractivity contribution in [2.45, 2.75) is 39.2 Å². The van der Waals surface area contributed by atoms with Crippen LogP contribution >= 0.6 is 0 Å². The average Bonchev–Trinajstić information content (AvgIpc) is 2.81. The third kappa shape index (κ3) is 3.00. The number of hydrogen-bond donors (Lipinski definition) is 0. The van der Waals surface area contributed by atoms with Crippen molar-refractivity contribution >= 4 is 11.9 Å². The number of carbonyl (C=O) groups excluding carboxylic acids is 2. The summed E-state index contributed by atoms with van der Waals surface area (Å²) < 4.78 is 9.76. The maximum absolute atomic E-state index is 11.9. The molecule has 0 N–H and O–H groups in total. The van der Waals surface area contributed by atoms with Crippen LogP contribution in [0.15, 0.2) is 0 Å². The number of carbonyl (C=O) groups is 2. The van der Waals surface area contributed by atoms with Gasteiger partial charge in [-0.3, -0.25) is 9.59 Å². The number of esters is 2. The van der Waals surface area contributed by atoms with Gasteiger partial charge in [-0.15, -0.1) is 0 Å². The Morgan fingerprint density at radius 3 is 2.56 bits per heavy atom. The van der Waals surface area contributed by atoms with Gasteiger partial charge in [0.1, 0.15) is 6.07 Å². The second kappa shape index (κ2) is 6.39. The zero-order chi connectivity index (χ0) is 13.7. The number of rotatable bonds is 4. The van der Waals surface area contributed by atoms with Gasteiger partial charge in [0.2, 0.25) is 0 Å². The molecule has 0 saturated heterocycles. The van der Waals surface area contributed by atoms with Crippen LogP contribution in [0.2, 0.25) is 0 Å². The minimum Gasteiger partial charge on any atom is -0.469 e. The first-order chi connectivity index (χ1) is 8.54. The quantitative estimate of drug-likeness (QED) is 0.712. The molecule has 4 atom stereocenters. The summed E-state index contributed by atoms with van der Waals surface area (Å²) >= 11 is 0. The molecule has 5 nitrogen and oxygen atoms in total. The first-order valence-corrected chi connectivity index (χ1v) is 6.23. The number of ether oxygens (including phenoxy) is 2. The van der Waals surface area contributed by atoms with E-state index in [2.05, 4.69) is 0 Å². The minimum atomic E-state index is -0.781. The van der Waals surface area contributed by atoms with Crippen LogP contribution in [-0.4, -0.2) is 25.2 Å². The van der Waals surface area contributed by atoms with Crippen molar-refractivity contribution in [3.8, 4) is 6.07 Å². The lowest BCUT2D eigenvalue weighted by Crippen LogP contribution is -2.32. The molecule has 0 aromatic rings. The van der Waals surface area contributed by atoms with Crippen molar-refractivity contribution in [1.29, 1.82) is 5.26 Å². The predicted molar refractivity (Wildman–Crippen MR) is 63.2 cm³/mol. The largest absolute Gasteiger partial charge is 0.469 e. The van der Waals surface area contributed by atoms with Crippen LogP contribution in [0.3, 0.4) is 0 Å². The van der Waals surface area contributed by atoms with Crippen molar-refractivity contribution in [1.82, 2.24) is 0 Å². The Bertz CT molecular complexity index is 360. The summed E-state index contributed by atoms with van der Waals surface area (Å²) in [7, 11) is 1.33. The van der Waals surface area contributed by atoms with E-state index in [0.29, 0.717) is 6.42 Å². The fraction of sp³-hybridized carbons (Fsp3) is 0.769. The van der Waals surface area contributed by atoms with Gasteiger partial charge in [0.15, 0.2) is 6.10 Å². The zero-order valence-corrected chi connectivity index (χ0v) is 11.0. The van der Waals surface area contributed by atoms with Crippen molar-refractivity contribution in [2.24, 2.45) is 17.8 Å². The van der Waals surface area contributed by atoms with Crippen LogP contribution in [0.1, 0.15) is 33.1 Å². The Hall–Kier alpha value is -1.57. The van der Waals surface area contributed by atoms with Gasteiger partial charge in [-0.1, -0.05) is 13.3 Å². The van der Waals surface area contributed by atoms with Crippen LogP contribution < -0.4 is 0 Å². The molecule has 0 aliphatic heterocycles. The average molecular weight is 253 g/mol. The van der Waals surface area contributed by atoms with Gasteiger partial charge >= 0.3 is 11.9 Å². The Morgan fingerprint density at radius 1 is 1.39 bits per heavy atom. The molecule has 0 spiro atoms. The van der Waals surface area contributed by atoms with Gasteiger partial charge in [-0.25, -0.2) is 0 Å². The van der Waals surface area contributed by atoms with Gasteiger partial charge < -0.3 is 9.47 Å². The molecular formula is C13H19NO4. The molecule has 1 rings (SSSR count). The molecule has 1 aliphatic carbocycles. The number of nitrogens with zero attached hydrogens (tertiary/aromatic N) is 1. The molecule has 18 heavy (non-hydrogen) atoms. The normalized spacial score (nSPS) is 28.2. The molecule has 0 aromatic carbocycles. The number of methoxy groups -OCH3 is 1. The van der Waals surface area contributed by atoms with Crippen LogP contribution in [-0.2, 0) is 19.1 Å². The van der Waals surface area contributed by atoms with E-state index in [9.17, 15) is 9.59 Å². The minimum absolute atomic E-state index is 0.160. The van der Waals surface area contributed by atoms with Gasteiger partial charge in [0, 0.05) is 0 Å². The van der Waals surface area contributed by atoms with Crippen molar-refractivity contribution < 1.29 is 19.1 Å². The lowest BCUT2D eigenvalue weighted by atomic mass is 9.88. The van der Waals surface area contributed by atoms with E-state index >= 15 is 0 Å². The molecule has 100 valence electrons. The highest BCUT2D eigenvalue weighted by Crippen LogP contribution is 2.40. The Kier molecular flexibility index (Phi) is 5.14. The van der Waals surface area contributed by atoms with E-state index in [-0.39, 0.29) is 11.9 Å². The maximum atomic E-state index is 11.9. The Labute approximate surface area is 107 Å². The van der Waals surface area contributed by atoms with Crippen molar-refractivity contribution in [2.75, 3.05) is 7.11 Å². The molecular weight excluding hydrogens is 234 g/mol. The fourth-order valence-corrected chi connectivity index (χ4v) is 2.58. The first kappa shape index (κ1) is 14.5. The molecule has 0 radical (unpaired) electrons. The fourth-order valence-electron chi connectivity index (χ4n) is 2.58. The van der Waals surface area contributed by atoms with Gasteiger partial charge in [0.05, 0.1) is 18.9 Å². The van der Waals surface area contributed by atoms with Gasteiger partial charge in [-0.05, 0) is 25.7 Å². The third-order valence-electron chi connectivity index (χ3n) is 3.57. The second-order valence-corrected chi connectivity index (χ2v) is 4.61. The summed E-state index contributed by atoms with van der Waals surface area (Å²) in [6.45, 7) is 3.50.